The molecule has 0 unspecified atom stereocenters. The fraction of sp³-hybridized carbons (Fsp3) is 0.500. The van der Waals surface area contributed by atoms with Gasteiger partial charge in [0.15, 0.2) is 0 Å². The van der Waals surface area contributed by atoms with E-state index in [1.165, 1.54) is 0 Å². The number of benzene rings is 1. The quantitative estimate of drug-likeness (QED) is 0.890. The molecule has 0 aliphatic carbocycles. The molecule has 1 N–H and O–H groups in total. The Kier molecular flexibility index (Phi) is 4.96. The molecule has 2 amide bonds. The molecule has 2 aromatic rings. The summed E-state index contributed by atoms with van der Waals surface area (Å²) in [5.74, 6) is 0.130. The maximum Gasteiger partial charge on any atom is 0.274 e. The van der Waals surface area contributed by atoms with Gasteiger partial charge in [0.1, 0.15) is 5.69 Å². The predicted molar refractivity (Wildman–Crippen MR) is 107 cm³/mol. The number of rotatable bonds is 3. The zero-order valence-electron chi connectivity index (χ0n) is 16.6. The van der Waals surface area contributed by atoms with Crippen molar-refractivity contribution in [1.82, 2.24) is 20.0 Å². The van der Waals surface area contributed by atoms with Crippen LogP contribution in [0.2, 0.25) is 0 Å². The number of hydrogen-bond donors (Lipinski definition) is 1. The molecule has 2 fully saturated rings. The summed E-state index contributed by atoms with van der Waals surface area (Å²) in [6.07, 6.45) is 3.55. The normalized spacial score (nSPS) is 21.9. The van der Waals surface area contributed by atoms with E-state index in [9.17, 15) is 9.59 Å². The third kappa shape index (κ3) is 3.43. The van der Waals surface area contributed by atoms with Gasteiger partial charge in [-0.3, -0.25) is 14.7 Å². The first-order chi connectivity index (χ1) is 13.5. The van der Waals surface area contributed by atoms with Crippen LogP contribution in [0.15, 0.2) is 36.4 Å². The van der Waals surface area contributed by atoms with E-state index < -0.39 is 0 Å². The minimum atomic E-state index is -0.0827. The second-order valence-corrected chi connectivity index (χ2v) is 8.29. The molecule has 2 aliphatic heterocycles. The molecule has 0 saturated carbocycles. The third-order valence-corrected chi connectivity index (χ3v) is 6.43. The molecule has 2 aliphatic rings. The first kappa shape index (κ1) is 18.7. The molecular formula is C22H28N4O2. The second kappa shape index (κ2) is 7.41. The van der Waals surface area contributed by atoms with Crippen molar-refractivity contribution in [3.05, 3.63) is 53.3 Å². The van der Waals surface area contributed by atoms with Crippen LogP contribution in [0.3, 0.4) is 0 Å². The van der Waals surface area contributed by atoms with Gasteiger partial charge in [0.05, 0.1) is 5.92 Å². The number of carbonyl (C=O) groups excluding carboxylic acids is 2. The summed E-state index contributed by atoms with van der Waals surface area (Å²) < 4.78 is 0. The SMILES string of the molecule is CCc1cc(C(=O)N2CCC3(CC2)C[C@@H](c2ccccc2)C(=O)N(C)C3)n[nH]1. The number of likely N-dealkylation sites (N-methyl/N-ethyl adjacent to an activating group) is 1. The van der Waals surface area contributed by atoms with E-state index in [4.69, 9.17) is 0 Å². The molecule has 2 saturated heterocycles. The summed E-state index contributed by atoms with van der Waals surface area (Å²) in [7, 11) is 1.91. The molecule has 148 valence electrons. The highest BCUT2D eigenvalue weighted by molar-refractivity contribution is 5.92. The number of amides is 2. The Morgan fingerprint density at radius 1 is 1.25 bits per heavy atom. The van der Waals surface area contributed by atoms with Crippen LogP contribution in [-0.2, 0) is 11.2 Å². The summed E-state index contributed by atoms with van der Waals surface area (Å²) in [6.45, 7) is 4.25. The number of likely N-dealkylation sites (tertiary alicyclic amines) is 2. The van der Waals surface area contributed by atoms with Gasteiger partial charge in [-0.05, 0) is 42.7 Å². The number of aryl methyl sites for hydroxylation is 1. The standard InChI is InChI=1S/C22H28N4O2/c1-3-17-13-19(24-23-17)21(28)26-11-9-22(10-12-26)14-18(20(27)25(2)15-22)16-7-5-4-6-8-16/h4-8,13,18H,3,9-12,14-15H2,1-2H3,(H,23,24)/t18-/m0/s1. The van der Waals surface area contributed by atoms with Gasteiger partial charge in [0, 0.05) is 32.4 Å². The van der Waals surface area contributed by atoms with Crippen molar-refractivity contribution in [2.75, 3.05) is 26.7 Å². The van der Waals surface area contributed by atoms with E-state index in [0.717, 1.165) is 56.6 Å². The fourth-order valence-electron chi connectivity index (χ4n) is 4.74. The van der Waals surface area contributed by atoms with Crippen molar-refractivity contribution in [2.45, 2.75) is 38.5 Å². The summed E-state index contributed by atoms with van der Waals surface area (Å²) in [4.78, 5) is 29.4. The maximum atomic E-state index is 12.8. The number of hydrogen-bond acceptors (Lipinski definition) is 3. The van der Waals surface area contributed by atoms with Crippen LogP contribution in [0, 0.1) is 5.41 Å². The Hall–Kier alpha value is -2.63. The van der Waals surface area contributed by atoms with Crippen molar-refractivity contribution in [1.29, 1.82) is 0 Å². The van der Waals surface area contributed by atoms with E-state index in [-0.39, 0.29) is 23.1 Å². The average Bonchev–Trinajstić information content (AvgIpc) is 3.21. The lowest BCUT2D eigenvalue weighted by Gasteiger charge is -2.49. The van der Waals surface area contributed by atoms with Crippen molar-refractivity contribution in [3.63, 3.8) is 0 Å². The Bertz CT molecular complexity index is 852. The van der Waals surface area contributed by atoms with Gasteiger partial charge in [-0.1, -0.05) is 37.3 Å². The van der Waals surface area contributed by atoms with Crippen LogP contribution < -0.4 is 0 Å². The summed E-state index contributed by atoms with van der Waals surface area (Å²) in [5.41, 5.74) is 2.67. The van der Waals surface area contributed by atoms with Crippen LogP contribution in [0.25, 0.3) is 0 Å². The number of nitrogens with zero attached hydrogens (tertiary/aromatic N) is 3. The number of aromatic nitrogens is 2. The highest BCUT2D eigenvalue weighted by atomic mass is 16.2. The Morgan fingerprint density at radius 3 is 2.61 bits per heavy atom. The second-order valence-electron chi connectivity index (χ2n) is 8.29. The molecule has 0 radical (unpaired) electrons. The lowest BCUT2D eigenvalue weighted by molar-refractivity contribution is -0.139. The fourth-order valence-corrected chi connectivity index (χ4v) is 4.74. The van der Waals surface area contributed by atoms with Crippen molar-refractivity contribution in [2.24, 2.45) is 5.41 Å². The Labute approximate surface area is 165 Å². The zero-order valence-corrected chi connectivity index (χ0v) is 16.6. The van der Waals surface area contributed by atoms with Gasteiger partial charge in [-0.2, -0.15) is 5.10 Å². The van der Waals surface area contributed by atoms with Gasteiger partial charge < -0.3 is 9.80 Å². The molecule has 28 heavy (non-hydrogen) atoms. The molecule has 1 aromatic carbocycles. The maximum absolute atomic E-state index is 12.8. The summed E-state index contributed by atoms with van der Waals surface area (Å²) in [6, 6.07) is 11.9. The molecule has 3 heterocycles. The van der Waals surface area contributed by atoms with Crippen LogP contribution in [-0.4, -0.2) is 58.5 Å². The molecular weight excluding hydrogens is 352 g/mol. The van der Waals surface area contributed by atoms with Gasteiger partial charge in [0.25, 0.3) is 5.91 Å². The summed E-state index contributed by atoms with van der Waals surface area (Å²) in [5, 5.41) is 7.10. The molecule has 1 atom stereocenters. The molecule has 6 nitrogen and oxygen atoms in total. The molecule has 6 heteroatoms. The van der Waals surface area contributed by atoms with E-state index in [0.29, 0.717) is 5.69 Å². The van der Waals surface area contributed by atoms with Crippen LogP contribution in [0.4, 0.5) is 0 Å². The molecule has 0 bridgehead atoms. The predicted octanol–water partition coefficient (Wildman–Crippen LogP) is 2.84. The first-order valence-electron chi connectivity index (χ1n) is 10.1. The van der Waals surface area contributed by atoms with Gasteiger partial charge >= 0.3 is 0 Å². The van der Waals surface area contributed by atoms with Crippen LogP contribution in [0.1, 0.15) is 53.8 Å². The van der Waals surface area contributed by atoms with Crippen molar-refractivity contribution in [3.8, 4) is 0 Å². The summed E-state index contributed by atoms with van der Waals surface area (Å²) >= 11 is 0. The average molecular weight is 380 g/mol. The Balaban J connectivity index is 1.46. The number of aromatic amines is 1. The molecule has 4 rings (SSSR count). The molecule has 1 spiro atoms. The largest absolute Gasteiger partial charge is 0.345 e. The number of nitrogens with one attached hydrogen (secondary N) is 1. The smallest absolute Gasteiger partial charge is 0.274 e. The lowest BCUT2D eigenvalue weighted by Crippen LogP contribution is -2.53. The number of H-pyrrole nitrogens is 1. The first-order valence-corrected chi connectivity index (χ1v) is 10.1. The zero-order chi connectivity index (χ0) is 19.7. The molecule has 1 aromatic heterocycles. The number of piperidine rings is 2. The van der Waals surface area contributed by atoms with Gasteiger partial charge in [0.2, 0.25) is 5.91 Å². The monoisotopic (exact) mass is 380 g/mol. The van der Waals surface area contributed by atoms with Gasteiger partial charge in [-0.15, -0.1) is 0 Å². The topological polar surface area (TPSA) is 69.3 Å². The van der Waals surface area contributed by atoms with E-state index in [1.54, 1.807) is 0 Å². The van der Waals surface area contributed by atoms with E-state index in [1.807, 2.05) is 48.0 Å². The lowest BCUT2D eigenvalue weighted by atomic mass is 9.67. The van der Waals surface area contributed by atoms with Crippen molar-refractivity contribution < 1.29 is 9.59 Å². The van der Waals surface area contributed by atoms with Crippen LogP contribution in [0.5, 0.6) is 0 Å². The minimum absolute atomic E-state index is 0.00523. The van der Waals surface area contributed by atoms with Crippen LogP contribution >= 0.6 is 0 Å². The highest BCUT2D eigenvalue weighted by Gasteiger charge is 2.45. The van der Waals surface area contributed by atoms with Crippen molar-refractivity contribution >= 4 is 11.8 Å². The number of carbonyl (C=O) groups is 2. The van der Waals surface area contributed by atoms with E-state index >= 15 is 0 Å². The minimum Gasteiger partial charge on any atom is -0.345 e. The highest BCUT2D eigenvalue weighted by Crippen LogP contribution is 2.45. The van der Waals surface area contributed by atoms with Gasteiger partial charge in [-0.25, -0.2) is 0 Å². The Morgan fingerprint density at radius 2 is 1.96 bits per heavy atom. The van der Waals surface area contributed by atoms with E-state index in [2.05, 4.69) is 22.3 Å². The third-order valence-electron chi connectivity index (χ3n) is 6.43.